The van der Waals surface area contributed by atoms with Gasteiger partial charge in [0.05, 0.1) is 26.4 Å². The second-order valence-corrected chi connectivity index (χ2v) is 10.2. The highest BCUT2D eigenvalue weighted by Crippen LogP contribution is 2.29. The van der Waals surface area contributed by atoms with Gasteiger partial charge in [0, 0.05) is 34.8 Å². The Morgan fingerprint density at radius 3 is 2.70 bits per heavy atom. The Kier molecular flexibility index (Phi) is 10.4. The minimum atomic E-state index is -1.13. The standard InChI is InChI=1S/C26H32Cl2N2O7/c1-14(2)11-36-24-15(3)37-26(33)20(30-25(32)22-23(31)21(34-4)7-8-29-22)13-35-12-17(24)9-16-5-6-18(27)10-19(16)28/h5-8,10,14-15,17,20,24,31H,9,11-13H2,1-4H3,(H,30,32). The zero-order valence-corrected chi connectivity index (χ0v) is 22.7. The van der Waals surface area contributed by atoms with Crippen LogP contribution in [0.3, 0.4) is 0 Å². The van der Waals surface area contributed by atoms with Crippen LogP contribution in [0.25, 0.3) is 0 Å². The molecule has 0 radical (unpaired) electrons. The van der Waals surface area contributed by atoms with Crippen LogP contribution < -0.4 is 10.1 Å². The molecule has 0 spiro atoms. The van der Waals surface area contributed by atoms with Crippen molar-refractivity contribution in [3.05, 3.63) is 51.8 Å². The monoisotopic (exact) mass is 554 g/mol. The maximum atomic E-state index is 13.0. The maximum Gasteiger partial charge on any atom is 0.331 e. The number of nitrogens with one attached hydrogen (secondary N) is 1. The van der Waals surface area contributed by atoms with Crippen LogP contribution in [0.5, 0.6) is 11.5 Å². The van der Waals surface area contributed by atoms with Crippen molar-refractivity contribution >= 4 is 35.1 Å². The molecule has 4 atom stereocenters. The molecule has 1 aromatic carbocycles. The number of amides is 1. The van der Waals surface area contributed by atoms with Gasteiger partial charge < -0.3 is 29.4 Å². The van der Waals surface area contributed by atoms with Crippen LogP contribution in [0.2, 0.25) is 10.0 Å². The van der Waals surface area contributed by atoms with E-state index in [0.29, 0.717) is 23.1 Å². The van der Waals surface area contributed by atoms with Crippen molar-refractivity contribution in [1.29, 1.82) is 0 Å². The number of rotatable bonds is 8. The van der Waals surface area contributed by atoms with Gasteiger partial charge >= 0.3 is 5.97 Å². The first kappa shape index (κ1) is 29.0. The summed E-state index contributed by atoms with van der Waals surface area (Å²) in [6.45, 7) is 6.33. The molecule has 1 fully saturated rings. The quantitative estimate of drug-likeness (QED) is 0.469. The van der Waals surface area contributed by atoms with Gasteiger partial charge in [-0.25, -0.2) is 9.78 Å². The molecule has 1 aliphatic heterocycles. The van der Waals surface area contributed by atoms with E-state index in [0.717, 1.165) is 5.56 Å². The molecule has 0 bridgehead atoms. The number of aromatic nitrogens is 1. The fourth-order valence-corrected chi connectivity index (χ4v) is 4.52. The molecule has 4 unspecified atom stereocenters. The number of methoxy groups -OCH3 is 1. The summed E-state index contributed by atoms with van der Waals surface area (Å²) in [4.78, 5) is 29.8. The number of cyclic esters (lactones) is 1. The molecule has 0 aliphatic carbocycles. The fourth-order valence-electron chi connectivity index (χ4n) is 4.03. The highest BCUT2D eigenvalue weighted by atomic mass is 35.5. The Labute approximate surface area is 226 Å². The molecule has 202 valence electrons. The highest BCUT2D eigenvalue weighted by Gasteiger charge is 2.36. The molecule has 9 nitrogen and oxygen atoms in total. The number of hydrogen-bond donors (Lipinski definition) is 2. The van der Waals surface area contributed by atoms with E-state index in [2.05, 4.69) is 10.3 Å². The largest absolute Gasteiger partial charge is 0.503 e. The third-order valence-electron chi connectivity index (χ3n) is 5.88. The van der Waals surface area contributed by atoms with Crippen LogP contribution in [0.15, 0.2) is 30.5 Å². The predicted molar refractivity (Wildman–Crippen MR) is 138 cm³/mol. The van der Waals surface area contributed by atoms with Crippen LogP contribution in [0, 0.1) is 11.8 Å². The van der Waals surface area contributed by atoms with Crippen molar-refractivity contribution in [2.75, 3.05) is 26.9 Å². The minimum absolute atomic E-state index is 0.0795. The summed E-state index contributed by atoms with van der Waals surface area (Å²) in [6.07, 6.45) is 0.680. The highest BCUT2D eigenvalue weighted by molar-refractivity contribution is 6.35. The smallest absolute Gasteiger partial charge is 0.331 e. The van der Waals surface area contributed by atoms with Crippen LogP contribution in [-0.2, 0) is 25.4 Å². The molecule has 2 heterocycles. The number of aromatic hydroxyl groups is 1. The fraction of sp³-hybridized carbons (Fsp3) is 0.500. The third kappa shape index (κ3) is 7.70. The third-order valence-corrected chi connectivity index (χ3v) is 6.46. The van der Waals surface area contributed by atoms with E-state index >= 15 is 0 Å². The average Bonchev–Trinajstić information content (AvgIpc) is 2.88. The van der Waals surface area contributed by atoms with Gasteiger partial charge in [0.1, 0.15) is 6.10 Å². The minimum Gasteiger partial charge on any atom is -0.503 e. The van der Waals surface area contributed by atoms with Crippen LogP contribution in [-0.4, -0.2) is 67.1 Å². The summed E-state index contributed by atoms with van der Waals surface area (Å²) in [5, 5.41) is 13.9. The van der Waals surface area contributed by atoms with E-state index in [1.165, 1.54) is 19.4 Å². The van der Waals surface area contributed by atoms with Crippen LogP contribution in [0.1, 0.15) is 36.8 Å². The van der Waals surface area contributed by atoms with Crippen molar-refractivity contribution in [3.63, 3.8) is 0 Å². The Hall–Kier alpha value is -2.59. The molecule has 1 aromatic heterocycles. The Morgan fingerprint density at radius 2 is 2.03 bits per heavy atom. The molecule has 3 rings (SSSR count). The molecule has 1 saturated heterocycles. The van der Waals surface area contributed by atoms with Crippen molar-refractivity contribution in [2.45, 2.75) is 45.4 Å². The summed E-state index contributed by atoms with van der Waals surface area (Å²) in [5.74, 6) is -1.77. The lowest BCUT2D eigenvalue weighted by molar-refractivity contribution is -0.160. The summed E-state index contributed by atoms with van der Waals surface area (Å²) in [6, 6.07) is 5.57. The Morgan fingerprint density at radius 1 is 1.27 bits per heavy atom. The van der Waals surface area contributed by atoms with Gasteiger partial charge in [-0.2, -0.15) is 0 Å². The van der Waals surface area contributed by atoms with Crippen molar-refractivity contribution in [1.82, 2.24) is 10.3 Å². The zero-order valence-electron chi connectivity index (χ0n) is 21.2. The topological polar surface area (TPSA) is 116 Å². The Bertz CT molecular complexity index is 1100. The number of ether oxygens (including phenoxy) is 4. The van der Waals surface area contributed by atoms with Gasteiger partial charge in [0.2, 0.25) is 0 Å². The second-order valence-electron chi connectivity index (χ2n) is 9.31. The lowest BCUT2D eigenvalue weighted by Crippen LogP contribution is -2.46. The van der Waals surface area contributed by atoms with Crippen molar-refractivity contribution in [2.24, 2.45) is 11.8 Å². The summed E-state index contributed by atoms with van der Waals surface area (Å²) >= 11 is 12.5. The zero-order chi connectivity index (χ0) is 27.1. The van der Waals surface area contributed by atoms with Gasteiger partial charge in [0.25, 0.3) is 5.91 Å². The van der Waals surface area contributed by atoms with Gasteiger partial charge in [-0.3, -0.25) is 4.79 Å². The van der Waals surface area contributed by atoms with Crippen LogP contribution >= 0.6 is 23.2 Å². The van der Waals surface area contributed by atoms with Crippen molar-refractivity contribution < 1.29 is 33.6 Å². The predicted octanol–water partition coefficient (Wildman–Crippen LogP) is 4.06. The number of esters is 1. The lowest BCUT2D eigenvalue weighted by Gasteiger charge is -2.31. The molecule has 2 N–H and O–H groups in total. The van der Waals surface area contributed by atoms with Gasteiger partial charge in [-0.05, 0) is 37.0 Å². The molecule has 1 aliphatic rings. The van der Waals surface area contributed by atoms with E-state index < -0.39 is 35.9 Å². The van der Waals surface area contributed by atoms with E-state index in [4.69, 9.17) is 42.1 Å². The van der Waals surface area contributed by atoms with Gasteiger partial charge in [0.15, 0.2) is 23.2 Å². The number of halogens is 2. The van der Waals surface area contributed by atoms with E-state index in [9.17, 15) is 14.7 Å². The molecule has 0 saturated carbocycles. The summed E-state index contributed by atoms with van der Waals surface area (Å²) in [7, 11) is 1.35. The van der Waals surface area contributed by atoms with E-state index in [1.807, 2.05) is 19.9 Å². The molecule has 1 amide bonds. The summed E-state index contributed by atoms with van der Waals surface area (Å²) in [5.41, 5.74) is 0.577. The number of benzene rings is 1. The molecule has 11 heteroatoms. The number of carbonyl (C=O) groups is 2. The first-order valence-electron chi connectivity index (χ1n) is 12.0. The maximum absolute atomic E-state index is 13.0. The molecular formula is C26H32Cl2N2O7. The molecular weight excluding hydrogens is 523 g/mol. The van der Waals surface area contributed by atoms with Gasteiger partial charge in [-0.1, -0.05) is 43.1 Å². The first-order valence-corrected chi connectivity index (χ1v) is 12.7. The number of hydrogen-bond acceptors (Lipinski definition) is 8. The SMILES string of the molecule is COc1ccnc(C(=O)NC2COCC(Cc3ccc(Cl)cc3Cl)C(OCC(C)C)C(C)OC2=O)c1O. The molecule has 37 heavy (non-hydrogen) atoms. The molecule has 2 aromatic rings. The normalized spacial score (nSPS) is 22.5. The first-order chi connectivity index (χ1) is 17.6. The summed E-state index contributed by atoms with van der Waals surface area (Å²) < 4.78 is 22.9. The van der Waals surface area contributed by atoms with E-state index in [-0.39, 0.29) is 36.5 Å². The lowest BCUT2D eigenvalue weighted by atomic mass is 9.91. The average molecular weight is 555 g/mol. The van der Waals surface area contributed by atoms with E-state index in [1.54, 1.807) is 19.1 Å². The Balaban J connectivity index is 1.81. The number of nitrogens with zero attached hydrogens (tertiary/aromatic N) is 1. The van der Waals surface area contributed by atoms with Crippen LogP contribution in [0.4, 0.5) is 0 Å². The van der Waals surface area contributed by atoms with Crippen molar-refractivity contribution in [3.8, 4) is 11.5 Å². The number of carbonyl (C=O) groups excluding carboxylic acids is 2. The van der Waals surface area contributed by atoms with Gasteiger partial charge in [-0.15, -0.1) is 0 Å². The number of pyridine rings is 1. The second kappa shape index (κ2) is 13.3.